The Kier molecular flexibility index (Phi) is 2.04. The molecular weight excluding hydrogens is 192 g/mol. The standard InChI is InChI=1S/C11H10N2O2/c1-6-7-4-2-3-5-8(7)13-9(10(6)14)11(12)15/h2-5,14H,1H3,(H2,12,15). The van der Waals surface area contributed by atoms with E-state index in [4.69, 9.17) is 5.73 Å². The number of amides is 1. The summed E-state index contributed by atoms with van der Waals surface area (Å²) < 4.78 is 0. The van der Waals surface area contributed by atoms with Crippen molar-refractivity contribution in [1.82, 2.24) is 4.98 Å². The van der Waals surface area contributed by atoms with Gasteiger partial charge in [0.25, 0.3) is 5.91 Å². The van der Waals surface area contributed by atoms with Crippen LogP contribution in [0.2, 0.25) is 0 Å². The normalized spacial score (nSPS) is 10.5. The number of nitrogens with zero attached hydrogens (tertiary/aromatic N) is 1. The molecule has 76 valence electrons. The van der Waals surface area contributed by atoms with Crippen LogP contribution < -0.4 is 5.73 Å². The summed E-state index contributed by atoms with van der Waals surface area (Å²) in [5, 5.41) is 10.5. The summed E-state index contributed by atoms with van der Waals surface area (Å²) in [6.45, 7) is 1.73. The van der Waals surface area contributed by atoms with E-state index < -0.39 is 5.91 Å². The highest BCUT2D eigenvalue weighted by Crippen LogP contribution is 2.27. The smallest absolute Gasteiger partial charge is 0.271 e. The van der Waals surface area contributed by atoms with Gasteiger partial charge >= 0.3 is 0 Å². The molecule has 15 heavy (non-hydrogen) atoms. The maximum Gasteiger partial charge on any atom is 0.271 e. The SMILES string of the molecule is Cc1c(O)c(C(N)=O)nc2ccccc12. The number of fused-ring (bicyclic) bond motifs is 1. The lowest BCUT2D eigenvalue weighted by Gasteiger charge is -2.07. The van der Waals surface area contributed by atoms with Crippen molar-refractivity contribution >= 4 is 16.8 Å². The average molecular weight is 202 g/mol. The first-order valence-electron chi connectivity index (χ1n) is 4.49. The molecule has 4 heteroatoms. The number of rotatable bonds is 1. The largest absolute Gasteiger partial charge is 0.505 e. The second kappa shape index (κ2) is 3.24. The van der Waals surface area contributed by atoms with Gasteiger partial charge in [-0.05, 0) is 13.0 Å². The molecule has 4 nitrogen and oxygen atoms in total. The summed E-state index contributed by atoms with van der Waals surface area (Å²) in [6.07, 6.45) is 0. The summed E-state index contributed by atoms with van der Waals surface area (Å²) in [6, 6.07) is 7.27. The second-order valence-electron chi connectivity index (χ2n) is 3.32. The molecule has 0 spiro atoms. The van der Waals surface area contributed by atoms with E-state index in [0.717, 1.165) is 5.39 Å². The zero-order valence-corrected chi connectivity index (χ0v) is 8.19. The van der Waals surface area contributed by atoms with E-state index in [1.807, 2.05) is 18.2 Å². The molecule has 1 aromatic carbocycles. The quantitative estimate of drug-likeness (QED) is 0.732. The predicted molar refractivity (Wildman–Crippen MR) is 56.7 cm³/mol. The van der Waals surface area contributed by atoms with E-state index in [-0.39, 0.29) is 11.4 Å². The van der Waals surface area contributed by atoms with Crippen molar-refractivity contribution in [3.63, 3.8) is 0 Å². The van der Waals surface area contributed by atoms with Crippen molar-refractivity contribution in [3.8, 4) is 5.75 Å². The molecule has 1 aromatic heterocycles. The van der Waals surface area contributed by atoms with E-state index in [1.165, 1.54) is 0 Å². The maximum absolute atomic E-state index is 11.0. The number of aromatic nitrogens is 1. The fraction of sp³-hybridized carbons (Fsp3) is 0.0909. The molecule has 0 bridgehead atoms. The van der Waals surface area contributed by atoms with Crippen LogP contribution in [0.5, 0.6) is 5.75 Å². The third-order valence-electron chi connectivity index (χ3n) is 2.35. The van der Waals surface area contributed by atoms with Crippen LogP contribution in [-0.4, -0.2) is 16.0 Å². The number of pyridine rings is 1. The van der Waals surface area contributed by atoms with Gasteiger partial charge in [0.05, 0.1) is 5.52 Å². The molecule has 0 saturated carbocycles. The minimum Gasteiger partial charge on any atom is -0.505 e. The molecular formula is C11H10N2O2. The third kappa shape index (κ3) is 1.40. The molecule has 1 amide bonds. The molecule has 0 aliphatic heterocycles. The van der Waals surface area contributed by atoms with Gasteiger partial charge in [0.1, 0.15) is 5.75 Å². The Morgan fingerprint density at radius 3 is 2.73 bits per heavy atom. The van der Waals surface area contributed by atoms with Crippen LogP contribution in [0.15, 0.2) is 24.3 Å². The number of aryl methyl sites for hydroxylation is 1. The van der Waals surface area contributed by atoms with Crippen LogP contribution in [0.1, 0.15) is 16.1 Å². The van der Waals surface area contributed by atoms with Crippen molar-refractivity contribution in [3.05, 3.63) is 35.5 Å². The van der Waals surface area contributed by atoms with E-state index in [0.29, 0.717) is 11.1 Å². The van der Waals surface area contributed by atoms with Gasteiger partial charge in [0.2, 0.25) is 0 Å². The van der Waals surface area contributed by atoms with Crippen LogP contribution in [0.3, 0.4) is 0 Å². The number of aromatic hydroxyl groups is 1. The van der Waals surface area contributed by atoms with Gasteiger partial charge in [-0.2, -0.15) is 0 Å². The van der Waals surface area contributed by atoms with E-state index in [1.54, 1.807) is 13.0 Å². The van der Waals surface area contributed by atoms with Crippen molar-refractivity contribution in [2.45, 2.75) is 6.92 Å². The lowest BCUT2D eigenvalue weighted by atomic mass is 10.1. The first-order chi connectivity index (χ1) is 7.11. The average Bonchev–Trinajstić information content (AvgIpc) is 2.23. The third-order valence-corrected chi connectivity index (χ3v) is 2.35. The maximum atomic E-state index is 11.0. The lowest BCUT2D eigenvalue weighted by Crippen LogP contribution is -2.13. The number of nitrogens with two attached hydrogens (primary N) is 1. The lowest BCUT2D eigenvalue weighted by molar-refractivity contribution is 0.0993. The molecule has 0 aliphatic carbocycles. The zero-order chi connectivity index (χ0) is 11.0. The molecule has 0 fully saturated rings. The number of primary amides is 1. The van der Waals surface area contributed by atoms with Gasteiger partial charge in [-0.1, -0.05) is 18.2 Å². The van der Waals surface area contributed by atoms with Crippen molar-refractivity contribution in [1.29, 1.82) is 0 Å². The molecule has 0 radical (unpaired) electrons. The highest BCUT2D eigenvalue weighted by molar-refractivity contribution is 5.98. The second-order valence-corrected chi connectivity index (χ2v) is 3.32. The monoisotopic (exact) mass is 202 g/mol. The minimum absolute atomic E-state index is 0.0776. The van der Waals surface area contributed by atoms with Gasteiger partial charge < -0.3 is 10.8 Å². The van der Waals surface area contributed by atoms with Crippen LogP contribution in [0, 0.1) is 6.92 Å². The fourth-order valence-corrected chi connectivity index (χ4v) is 1.54. The summed E-state index contributed by atoms with van der Waals surface area (Å²) in [4.78, 5) is 15.0. The first-order valence-corrected chi connectivity index (χ1v) is 4.49. The Balaban J connectivity index is 2.88. The molecule has 1 heterocycles. The number of carbonyl (C=O) groups is 1. The molecule has 0 saturated heterocycles. The van der Waals surface area contributed by atoms with Crippen molar-refractivity contribution in [2.75, 3.05) is 0 Å². The summed E-state index contributed by atoms with van der Waals surface area (Å²) in [5.41, 5.74) is 6.31. The molecule has 2 aromatic rings. The molecule has 2 rings (SSSR count). The van der Waals surface area contributed by atoms with Gasteiger partial charge in [0, 0.05) is 10.9 Å². The number of hydrogen-bond acceptors (Lipinski definition) is 3. The van der Waals surface area contributed by atoms with Gasteiger partial charge in [-0.3, -0.25) is 4.79 Å². The van der Waals surface area contributed by atoms with Gasteiger partial charge in [0.15, 0.2) is 5.69 Å². The van der Waals surface area contributed by atoms with Crippen LogP contribution in [0.25, 0.3) is 10.9 Å². The van der Waals surface area contributed by atoms with E-state index in [9.17, 15) is 9.90 Å². The van der Waals surface area contributed by atoms with Crippen LogP contribution in [-0.2, 0) is 0 Å². The number of carbonyl (C=O) groups excluding carboxylic acids is 1. The van der Waals surface area contributed by atoms with Crippen LogP contribution >= 0.6 is 0 Å². The van der Waals surface area contributed by atoms with E-state index >= 15 is 0 Å². The highest BCUT2D eigenvalue weighted by atomic mass is 16.3. The molecule has 3 N–H and O–H groups in total. The fourth-order valence-electron chi connectivity index (χ4n) is 1.54. The molecule has 0 unspecified atom stereocenters. The van der Waals surface area contributed by atoms with Crippen molar-refractivity contribution < 1.29 is 9.90 Å². The Bertz CT molecular complexity index is 550. The Hall–Kier alpha value is -2.10. The number of para-hydroxylation sites is 1. The van der Waals surface area contributed by atoms with Gasteiger partial charge in [-0.15, -0.1) is 0 Å². The topological polar surface area (TPSA) is 76.2 Å². The molecule has 0 atom stereocenters. The van der Waals surface area contributed by atoms with Crippen molar-refractivity contribution in [2.24, 2.45) is 5.73 Å². The Labute approximate surface area is 86.4 Å². The first kappa shape index (κ1) is 9.45. The number of hydrogen-bond donors (Lipinski definition) is 2. The summed E-state index contributed by atoms with van der Waals surface area (Å²) in [5.74, 6) is -0.859. The van der Waals surface area contributed by atoms with Crippen LogP contribution in [0.4, 0.5) is 0 Å². The van der Waals surface area contributed by atoms with E-state index in [2.05, 4.69) is 4.98 Å². The molecule has 0 aliphatic rings. The van der Waals surface area contributed by atoms with Gasteiger partial charge in [-0.25, -0.2) is 4.98 Å². The Morgan fingerprint density at radius 2 is 2.07 bits per heavy atom. The zero-order valence-electron chi connectivity index (χ0n) is 8.19. The highest BCUT2D eigenvalue weighted by Gasteiger charge is 2.14. The summed E-state index contributed by atoms with van der Waals surface area (Å²) >= 11 is 0. The summed E-state index contributed by atoms with van der Waals surface area (Å²) in [7, 11) is 0. The Morgan fingerprint density at radius 1 is 1.40 bits per heavy atom. The number of benzene rings is 1. The minimum atomic E-state index is -0.721. The predicted octanol–water partition coefficient (Wildman–Crippen LogP) is 1.35.